The lowest BCUT2D eigenvalue weighted by Crippen LogP contribution is -2.30. The van der Waals surface area contributed by atoms with Gasteiger partial charge in [0.05, 0.1) is 0 Å². The van der Waals surface area contributed by atoms with Crippen molar-refractivity contribution in [2.24, 2.45) is 0 Å². The van der Waals surface area contributed by atoms with E-state index >= 15 is 0 Å². The van der Waals surface area contributed by atoms with Gasteiger partial charge in [0.1, 0.15) is 18.1 Å². The third-order valence-electron chi connectivity index (χ3n) is 3.83. The molecule has 0 atom stereocenters. The first-order valence-electron chi connectivity index (χ1n) is 7.88. The Morgan fingerprint density at radius 3 is 2.68 bits per heavy atom. The van der Waals surface area contributed by atoms with Crippen molar-refractivity contribution in [1.29, 1.82) is 0 Å². The lowest BCUT2D eigenvalue weighted by Gasteiger charge is -2.21. The maximum Gasteiger partial charge on any atom is 0.349 e. The van der Waals surface area contributed by atoms with Gasteiger partial charge in [0.25, 0.3) is 5.91 Å². The fraction of sp³-hybridized carbons (Fsp3) is 0.333. The second-order valence-electron chi connectivity index (χ2n) is 5.74. The molecule has 0 fully saturated rings. The largest absolute Gasteiger partial charge is 0.486 e. The summed E-state index contributed by atoms with van der Waals surface area (Å²) in [7, 11) is 1.67. The van der Waals surface area contributed by atoms with E-state index in [1.807, 2.05) is 36.6 Å². The van der Waals surface area contributed by atoms with Crippen LogP contribution in [0.25, 0.3) is 0 Å². The molecule has 7 heteroatoms. The van der Waals surface area contributed by atoms with Gasteiger partial charge in [0.2, 0.25) is 0 Å². The van der Waals surface area contributed by atoms with Gasteiger partial charge in [0, 0.05) is 13.6 Å². The van der Waals surface area contributed by atoms with Gasteiger partial charge in [-0.25, -0.2) is 4.79 Å². The van der Waals surface area contributed by atoms with Gasteiger partial charge in [-0.2, -0.15) is 0 Å². The van der Waals surface area contributed by atoms with E-state index < -0.39 is 5.97 Å². The van der Waals surface area contributed by atoms with Crippen LogP contribution < -0.4 is 9.47 Å². The zero-order chi connectivity index (χ0) is 17.8. The van der Waals surface area contributed by atoms with Crippen molar-refractivity contribution in [2.75, 3.05) is 26.9 Å². The summed E-state index contributed by atoms with van der Waals surface area (Å²) in [5, 5.41) is 1.82. The number of carbonyl (C=O) groups excluding carboxylic acids is 2. The van der Waals surface area contributed by atoms with Crippen molar-refractivity contribution in [2.45, 2.75) is 13.5 Å². The minimum absolute atomic E-state index is 0.266. The first-order chi connectivity index (χ1) is 12.0. The van der Waals surface area contributed by atoms with E-state index in [-0.39, 0.29) is 12.5 Å². The molecular weight excluding hydrogens is 342 g/mol. The van der Waals surface area contributed by atoms with E-state index in [0.717, 1.165) is 11.1 Å². The van der Waals surface area contributed by atoms with E-state index in [1.54, 1.807) is 7.05 Å². The molecule has 0 saturated carbocycles. The summed E-state index contributed by atoms with van der Waals surface area (Å²) in [5.41, 5.74) is 1.77. The molecule has 0 saturated heterocycles. The van der Waals surface area contributed by atoms with Gasteiger partial charge in [-0.3, -0.25) is 4.79 Å². The fourth-order valence-corrected chi connectivity index (χ4v) is 3.25. The molecule has 2 heterocycles. The van der Waals surface area contributed by atoms with Crippen LogP contribution in [0.2, 0.25) is 0 Å². The quantitative estimate of drug-likeness (QED) is 0.766. The summed E-state index contributed by atoms with van der Waals surface area (Å²) in [6, 6.07) is 7.43. The Bertz CT molecular complexity index is 786. The molecule has 0 bridgehead atoms. The molecule has 25 heavy (non-hydrogen) atoms. The summed E-state index contributed by atoms with van der Waals surface area (Å²) in [5.74, 6) is 0.666. The SMILES string of the molecule is Cc1ccsc1C(=O)OCC(=O)N(C)Cc1ccc2c(c1)OCCO2. The Labute approximate surface area is 149 Å². The van der Waals surface area contributed by atoms with Crippen molar-refractivity contribution in [1.82, 2.24) is 4.90 Å². The third kappa shape index (κ3) is 4.11. The Morgan fingerprint density at radius 2 is 1.96 bits per heavy atom. The van der Waals surface area contributed by atoms with Crippen LogP contribution >= 0.6 is 11.3 Å². The predicted octanol–water partition coefficient (Wildman–Crippen LogP) is 2.64. The molecular formula is C18H19NO5S. The molecule has 0 aliphatic carbocycles. The minimum Gasteiger partial charge on any atom is -0.486 e. The molecule has 0 spiro atoms. The molecule has 0 N–H and O–H groups in total. The summed E-state index contributed by atoms with van der Waals surface area (Å²) in [4.78, 5) is 26.2. The Balaban J connectivity index is 1.54. The standard InChI is InChI=1S/C18H19NO5S/c1-12-5-8-25-17(12)18(21)24-11-16(20)19(2)10-13-3-4-14-15(9-13)23-7-6-22-14/h3-5,8-9H,6-7,10-11H2,1-2H3. The molecule has 0 radical (unpaired) electrons. The summed E-state index contributed by atoms with van der Waals surface area (Å²) in [6.45, 7) is 3.01. The van der Waals surface area contributed by atoms with Gasteiger partial charge in [-0.1, -0.05) is 6.07 Å². The zero-order valence-electron chi connectivity index (χ0n) is 14.1. The van der Waals surface area contributed by atoms with Crippen LogP contribution in [0.1, 0.15) is 20.8 Å². The summed E-state index contributed by atoms with van der Waals surface area (Å²) in [6.07, 6.45) is 0. The van der Waals surface area contributed by atoms with Crippen LogP contribution in [-0.4, -0.2) is 43.6 Å². The number of ether oxygens (including phenoxy) is 3. The molecule has 6 nitrogen and oxygen atoms in total. The lowest BCUT2D eigenvalue weighted by atomic mass is 10.2. The van der Waals surface area contributed by atoms with E-state index in [1.165, 1.54) is 16.2 Å². The second-order valence-corrected chi connectivity index (χ2v) is 6.65. The van der Waals surface area contributed by atoms with Crippen LogP contribution in [0.4, 0.5) is 0 Å². The molecule has 1 aliphatic rings. The average Bonchev–Trinajstić information content (AvgIpc) is 3.05. The second kappa shape index (κ2) is 7.57. The van der Waals surface area contributed by atoms with Crippen LogP contribution in [0.15, 0.2) is 29.6 Å². The monoisotopic (exact) mass is 361 g/mol. The van der Waals surface area contributed by atoms with Crippen molar-refractivity contribution in [3.8, 4) is 11.5 Å². The Kier molecular flexibility index (Phi) is 5.23. The number of hydrogen-bond acceptors (Lipinski definition) is 6. The number of fused-ring (bicyclic) bond motifs is 1. The highest BCUT2D eigenvalue weighted by molar-refractivity contribution is 7.12. The summed E-state index contributed by atoms with van der Waals surface area (Å²) >= 11 is 1.31. The highest BCUT2D eigenvalue weighted by Gasteiger charge is 2.17. The number of thiophene rings is 1. The van der Waals surface area contributed by atoms with Gasteiger partial charge in [-0.05, 0) is 41.6 Å². The smallest absolute Gasteiger partial charge is 0.349 e. The molecule has 1 amide bonds. The van der Waals surface area contributed by atoms with Gasteiger partial charge in [0.15, 0.2) is 18.1 Å². The van der Waals surface area contributed by atoms with E-state index in [2.05, 4.69) is 0 Å². The van der Waals surface area contributed by atoms with Crippen LogP contribution in [0.5, 0.6) is 11.5 Å². The van der Waals surface area contributed by atoms with Crippen LogP contribution in [-0.2, 0) is 16.1 Å². The maximum absolute atomic E-state index is 12.2. The maximum atomic E-state index is 12.2. The van der Waals surface area contributed by atoms with Crippen LogP contribution in [0.3, 0.4) is 0 Å². The number of carbonyl (C=O) groups is 2. The fourth-order valence-electron chi connectivity index (χ4n) is 2.43. The predicted molar refractivity (Wildman–Crippen MR) is 93.2 cm³/mol. The van der Waals surface area contributed by atoms with E-state index in [4.69, 9.17) is 14.2 Å². The van der Waals surface area contributed by atoms with E-state index in [9.17, 15) is 9.59 Å². The zero-order valence-corrected chi connectivity index (χ0v) is 14.9. The first-order valence-corrected chi connectivity index (χ1v) is 8.76. The topological polar surface area (TPSA) is 65.1 Å². The lowest BCUT2D eigenvalue weighted by molar-refractivity contribution is -0.133. The number of aryl methyl sites for hydroxylation is 1. The number of rotatable bonds is 5. The highest BCUT2D eigenvalue weighted by atomic mass is 32.1. The number of likely N-dealkylation sites (N-methyl/N-ethyl adjacent to an activating group) is 1. The van der Waals surface area contributed by atoms with Gasteiger partial charge < -0.3 is 19.1 Å². The molecule has 1 aromatic heterocycles. The highest BCUT2D eigenvalue weighted by Crippen LogP contribution is 2.31. The molecule has 132 valence electrons. The van der Waals surface area contributed by atoms with Crippen molar-refractivity contribution < 1.29 is 23.8 Å². The Morgan fingerprint density at radius 1 is 1.20 bits per heavy atom. The number of amides is 1. The number of benzene rings is 1. The number of nitrogens with zero attached hydrogens (tertiary/aromatic N) is 1. The van der Waals surface area contributed by atoms with Gasteiger partial charge in [-0.15, -0.1) is 11.3 Å². The minimum atomic E-state index is -0.464. The van der Waals surface area contributed by atoms with Crippen molar-refractivity contribution >= 4 is 23.2 Å². The first kappa shape index (κ1) is 17.3. The van der Waals surface area contributed by atoms with Crippen molar-refractivity contribution in [3.63, 3.8) is 0 Å². The van der Waals surface area contributed by atoms with Gasteiger partial charge >= 0.3 is 5.97 Å². The van der Waals surface area contributed by atoms with E-state index in [0.29, 0.717) is 36.1 Å². The molecule has 1 aromatic carbocycles. The van der Waals surface area contributed by atoms with Crippen LogP contribution in [0, 0.1) is 6.92 Å². The number of esters is 1. The normalized spacial score (nSPS) is 12.6. The summed E-state index contributed by atoms with van der Waals surface area (Å²) < 4.78 is 16.1. The Hall–Kier alpha value is -2.54. The average molecular weight is 361 g/mol. The van der Waals surface area contributed by atoms with Crippen molar-refractivity contribution in [3.05, 3.63) is 45.6 Å². The number of hydrogen-bond donors (Lipinski definition) is 0. The molecule has 2 aromatic rings. The molecule has 1 aliphatic heterocycles. The molecule has 0 unspecified atom stereocenters. The third-order valence-corrected chi connectivity index (χ3v) is 4.82. The molecule has 3 rings (SSSR count).